The van der Waals surface area contributed by atoms with Crippen molar-refractivity contribution in [3.05, 3.63) is 83.7 Å². The first-order valence-electron chi connectivity index (χ1n) is 11.3. The summed E-state index contributed by atoms with van der Waals surface area (Å²) in [5, 5.41) is 2.26. The molecule has 32 heavy (non-hydrogen) atoms. The predicted molar refractivity (Wildman–Crippen MR) is 126 cm³/mol. The van der Waals surface area contributed by atoms with Crippen LogP contribution in [0.1, 0.15) is 24.0 Å². The van der Waals surface area contributed by atoms with Crippen LogP contribution in [0.5, 0.6) is 5.75 Å². The van der Waals surface area contributed by atoms with Gasteiger partial charge in [-0.25, -0.2) is 9.37 Å². The number of hydrogen-bond acceptors (Lipinski definition) is 3. The summed E-state index contributed by atoms with van der Waals surface area (Å²) in [5.41, 5.74) is 5.69. The van der Waals surface area contributed by atoms with Gasteiger partial charge in [-0.2, -0.15) is 0 Å². The van der Waals surface area contributed by atoms with Crippen molar-refractivity contribution in [3.8, 4) is 28.3 Å². The van der Waals surface area contributed by atoms with E-state index in [0.29, 0.717) is 17.3 Å². The highest BCUT2D eigenvalue weighted by atomic mass is 19.1. The molecule has 1 saturated heterocycles. The number of benzene rings is 3. The van der Waals surface area contributed by atoms with Gasteiger partial charge in [0.2, 0.25) is 0 Å². The molecule has 1 atom stereocenters. The summed E-state index contributed by atoms with van der Waals surface area (Å²) >= 11 is 0. The summed E-state index contributed by atoms with van der Waals surface area (Å²) in [4.78, 5) is 7.69. The van der Waals surface area contributed by atoms with Crippen molar-refractivity contribution in [2.24, 2.45) is 0 Å². The predicted octanol–water partition coefficient (Wildman–Crippen LogP) is 6.24. The van der Waals surface area contributed by atoms with Crippen molar-refractivity contribution in [1.29, 1.82) is 0 Å². The average molecular weight is 425 g/mol. The number of nitrogens with zero attached hydrogens (tertiary/aromatic N) is 2. The molecule has 3 aromatic carbocycles. The monoisotopic (exact) mass is 424 g/mol. The minimum Gasteiger partial charge on any atom is -0.496 e. The molecule has 3 nitrogen and oxygen atoms in total. The van der Waals surface area contributed by atoms with Crippen LogP contribution in [0.3, 0.4) is 0 Å². The van der Waals surface area contributed by atoms with Crippen molar-refractivity contribution < 1.29 is 9.13 Å². The lowest BCUT2D eigenvalue weighted by Gasteiger charge is -2.33. The molecule has 0 unspecified atom stereocenters. The molecule has 0 aliphatic carbocycles. The van der Waals surface area contributed by atoms with Gasteiger partial charge in [0, 0.05) is 18.2 Å². The molecule has 4 heteroatoms. The average Bonchev–Trinajstić information content (AvgIpc) is 3.29. The lowest BCUT2D eigenvalue weighted by molar-refractivity contribution is 0.227. The molecule has 0 saturated carbocycles. The van der Waals surface area contributed by atoms with Crippen LogP contribution in [-0.2, 0) is 13.0 Å². The van der Waals surface area contributed by atoms with E-state index in [9.17, 15) is 4.39 Å². The Labute approximate surface area is 187 Å². The lowest BCUT2D eigenvalue weighted by Crippen LogP contribution is -2.35. The number of fused-ring (bicyclic) bond motifs is 3. The molecule has 3 heterocycles. The van der Waals surface area contributed by atoms with Gasteiger partial charge in [-0.05, 0) is 72.0 Å². The molecular weight excluding hydrogens is 399 g/mol. The number of hydrogen-bond donors (Lipinski definition) is 0. The summed E-state index contributed by atoms with van der Waals surface area (Å²) in [5.74, 6) is 0.559. The Morgan fingerprint density at radius 2 is 1.88 bits per heavy atom. The SMILES string of the molecule is COc1ccc2ccccc2c1-c1nc(-c2ccccc2F)cc2c1C[C@@H]1CCCN1C2. The highest BCUT2D eigenvalue weighted by Crippen LogP contribution is 2.43. The van der Waals surface area contributed by atoms with E-state index in [2.05, 4.69) is 35.2 Å². The zero-order chi connectivity index (χ0) is 21.7. The zero-order valence-corrected chi connectivity index (χ0v) is 18.1. The first-order chi connectivity index (χ1) is 15.7. The second-order valence-corrected chi connectivity index (χ2v) is 8.81. The summed E-state index contributed by atoms with van der Waals surface area (Å²) in [6, 6.07) is 22.0. The molecule has 160 valence electrons. The van der Waals surface area contributed by atoms with Gasteiger partial charge in [0.25, 0.3) is 0 Å². The summed E-state index contributed by atoms with van der Waals surface area (Å²) in [6.45, 7) is 2.03. The van der Waals surface area contributed by atoms with Gasteiger partial charge in [0.05, 0.1) is 24.1 Å². The quantitative estimate of drug-likeness (QED) is 0.389. The number of ether oxygens (including phenoxy) is 1. The first kappa shape index (κ1) is 19.4. The number of aromatic nitrogens is 1. The Morgan fingerprint density at radius 3 is 2.75 bits per heavy atom. The summed E-state index contributed by atoms with van der Waals surface area (Å²) < 4.78 is 20.6. The Balaban J connectivity index is 1.66. The number of pyridine rings is 1. The molecule has 0 radical (unpaired) electrons. The maximum Gasteiger partial charge on any atom is 0.132 e. The Kier molecular flexibility index (Phi) is 4.69. The van der Waals surface area contributed by atoms with Crippen LogP contribution >= 0.6 is 0 Å². The standard InChI is InChI=1S/C28H25FN2O/c1-32-26-13-12-18-7-2-3-9-21(18)27(26)28-23-16-20-8-6-14-31(20)17-19(23)15-25(30-28)22-10-4-5-11-24(22)29/h2-5,7,9-13,15,20H,6,8,14,16-17H2,1H3/t20-/m0/s1. The fraction of sp³-hybridized carbons (Fsp3) is 0.250. The van der Waals surface area contributed by atoms with Crippen LogP contribution in [0.2, 0.25) is 0 Å². The smallest absolute Gasteiger partial charge is 0.132 e. The second kappa shape index (κ2) is 7.72. The molecule has 2 aliphatic rings. The number of halogens is 1. The minimum atomic E-state index is -0.245. The molecule has 1 fully saturated rings. The van der Waals surface area contributed by atoms with Crippen LogP contribution in [-0.4, -0.2) is 29.6 Å². The van der Waals surface area contributed by atoms with Gasteiger partial charge in [0.1, 0.15) is 11.6 Å². The van der Waals surface area contributed by atoms with Crippen molar-refractivity contribution >= 4 is 10.8 Å². The third-order valence-corrected chi connectivity index (χ3v) is 7.03. The van der Waals surface area contributed by atoms with Crippen molar-refractivity contribution in [1.82, 2.24) is 9.88 Å². The molecule has 0 spiro atoms. The number of rotatable bonds is 3. The third-order valence-electron chi connectivity index (χ3n) is 7.03. The topological polar surface area (TPSA) is 25.4 Å². The van der Waals surface area contributed by atoms with E-state index >= 15 is 0 Å². The van der Waals surface area contributed by atoms with Gasteiger partial charge >= 0.3 is 0 Å². The zero-order valence-electron chi connectivity index (χ0n) is 18.1. The van der Waals surface area contributed by atoms with Crippen LogP contribution in [0, 0.1) is 5.82 Å². The second-order valence-electron chi connectivity index (χ2n) is 8.81. The molecular formula is C28H25FN2O. The van der Waals surface area contributed by atoms with E-state index in [4.69, 9.17) is 9.72 Å². The van der Waals surface area contributed by atoms with Crippen molar-refractivity contribution in [2.45, 2.75) is 31.8 Å². The third kappa shape index (κ3) is 3.09. The first-order valence-corrected chi connectivity index (χ1v) is 11.3. The van der Waals surface area contributed by atoms with Gasteiger partial charge in [-0.1, -0.05) is 42.5 Å². The summed E-state index contributed by atoms with van der Waals surface area (Å²) in [7, 11) is 1.71. The van der Waals surface area contributed by atoms with Crippen LogP contribution in [0.4, 0.5) is 4.39 Å². The molecule has 1 aromatic heterocycles. The molecule has 0 N–H and O–H groups in total. The van der Waals surface area contributed by atoms with Crippen LogP contribution in [0.25, 0.3) is 33.3 Å². The fourth-order valence-electron chi connectivity index (χ4n) is 5.46. The van der Waals surface area contributed by atoms with Gasteiger partial charge in [-0.3, -0.25) is 4.90 Å². The van der Waals surface area contributed by atoms with E-state index in [1.165, 1.54) is 30.0 Å². The van der Waals surface area contributed by atoms with E-state index < -0.39 is 0 Å². The van der Waals surface area contributed by atoms with E-state index in [-0.39, 0.29) is 5.82 Å². The van der Waals surface area contributed by atoms with E-state index in [1.807, 2.05) is 24.3 Å². The molecule has 0 bridgehead atoms. The van der Waals surface area contributed by atoms with E-state index in [1.54, 1.807) is 13.2 Å². The van der Waals surface area contributed by atoms with Crippen molar-refractivity contribution in [2.75, 3.05) is 13.7 Å². The number of methoxy groups -OCH3 is 1. The molecule has 2 aliphatic heterocycles. The fourth-order valence-corrected chi connectivity index (χ4v) is 5.46. The van der Waals surface area contributed by atoms with Crippen LogP contribution in [0.15, 0.2) is 66.7 Å². The molecule has 0 amide bonds. The maximum absolute atomic E-state index is 14.8. The summed E-state index contributed by atoms with van der Waals surface area (Å²) in [6.07, 6.45) is 3.43. The Morgan fingerprint density at radius 1 is 1.03 bits per heavy atom. The van der Waals surface area contributed by atoms with Gasteiger partial charge in [0.15, 0.2) is 0 Å². The normalized spacial score (nSPS) is 17.9. The van der Waals surface area contributed by atoms with Crippen molar-refractivity contribution in [3.63, 3.8) is 0 Å². The minimum absolute atomic E-state index is 0.245. The van der Waals surface area contributed by atoms with Gasteiger partial charge < -0.3 is 4.74 Å². The molecule has 6 rings (SSSR count). The van der Waals surface area contributed by atoms with Crippen LogP contribution < -0.4 is 4.74 Å². The van der Waals surface area contributed by atoms with E-state index in [0.717, 1.165) is 47.3 Å². The largest absolute Gasteiger partial charge is 0.496 e. The molecule has 4 aromatic rings. The Bertz CT molecular complexity index is 1330. The highest BCUT2D eigenvalue weighted by molar-refractivity contribution is 6.00. The Hall–Kier alpha value is -3.24. The van der Waals surface area contributed by atoms with Gasteiger partial charge in [-0.15, -0.1) is 0 Å². The maximum atomic E-state index is 14.8. The lowest BCUT2D eigenvalue weighted by atomic mass is 9.88. The highest BCUT2D eigenvalue weighted by Gasteiger charge is 2.33.